The lowest BCUT2D eigenvalue weighted by Crippen LogP contribution is -2.03. The third-order valence-corrected chi connectivity index (χ3v) is 5.82. The number of hydrogen-bond acceptors (Lipinski definition) is 2. The van der Waals surface area contributed by atoms with Gasteiger partial charge in [0.05, 0.1) is 10.6 Å². The molecule has 4 nitrogen and oxygen atoms in total. The lowest BCUT2D eigenvalue weighted by molar-refractivity contribution is 0.0697. The van der Waals surface area contributed by atoms with Gasteiger partial charge in [-0.3, -0.25) is 0 Å². The third-order valence-electron chi connectivity index (χ3n) is 4.91. The molecule has 0 atom stereocenters. The first-order valence-electron chi connectivity index (χ1n) is 9.20. The molecule has 7 heteroatoms. The van der Waals surface area contributed by atoms with Gasteiger partial charge in [0, 0.05) is 45.9 Å². The molecule has 0 unspecified atom stereocenters. The van der Waals surface area contributed by atoms with Gasteiger partial charge >= 0.3 is 5.97 Å². The Morgan fingerprint density at radius 3 is 2.50 bits per heavy atom. The number of halogens is 3. The van der Waals surface area contributed by atoms with E-state index in [1.807, 2.05) is 24.3 Å². The minimum Gasteiger partial charge on any atom is -0.478 e. The number of para-hydroxylation sites is 1. The molecule has 30 heavy (non-hydrogen) atoms. The van der Waals surface area contributed by atoms with Crippen molar-refractivity contribution in [3.05, 3.63) is 98.6 Å². The number of aromatic nitrogens is 1. The Kier molecular flexibility index (Phi) is 5.91. The molecule has 4 rings (SSSR count). The van der Waals surface area contributed by atoms with E-state index >= 15 is 0 Å². The van der Waals surface area contributed by atoms with Crippen LogP contribution in [-0.4, -0.2) is 15.6 Å². The molecule has 0 bridgehead atoms. The zero-order valence-corrected chi connectivity index (χ0v) is 18.0. The van der Waals surface area contributed by atoms with Gasteiger partial charge in [0.2, 0.25) is 0 Å². The molecule has 0 fully saturated rings. The minimum absolute atomic E-state index is 0.0708. The summed E-state index contributed by atoms with van der Waals surface area (Å²) in [6.07, 6.45) is 2.08. The van der Waals surface area contributed by atoms with E-state index in [2.05, 4.69) is 28.2 Å². The van der Waals surface area contributed by atoms with Crippen molar-refractivity contribution >= 4 is 57.4 Å². The first-order valence-corrected chi connectivity index (χ1v) is 10.3. The van der Waals surface area contributed by atoms with Crippen molar-refractivity contribution in [1.29, 1.82) is 0 Å². The molecule has 0 radical (unpaired) electrons. The standard InChI is InChI=1S/C23H17Cl3N2O2/c24-16-6-5-14(21(26)9-16)12-28-13-15(18-3-1-2-4-22(18)28)11-27-17-7-8-20(25)19(10-17)23(29)30/h1-10,13,27H,11-12H2,(H,29,30). The molecule has 0 saturated heterocycles. The second kappa shape index (κ2) is 8.60. The van der Waals surface area contributed by atoms with Gasteiger partial charge in [-0.15, -0.1) is 0 Å². The number of rotatable bonds is 6. The van der Waals surface area contributed by atoms with Gasteiger partial charge < -0.3 is 15.0 Å². The largest absolute Gasteiger partial charge is 0.478 e. The summed E-state index contributed by atoms with van der Waals surface area (Å²) >= 11 is 18.3. The first-order chi connectivity index (χ1) is 14.4. The summed E-state index contributed by atoms with van der Waals surface area (Å²) in [6, 6.07) is 18.5. The van der Waals surface area contributed by atoms with Crippen LogP contribution in [0.5, 0.6) is 0 Å². The lowest BCUT2D eigenvalue weighted by atomic mass is 10.1. The fourth-order valence-electron chi connectivity index (χ4n) is 3.42. The van der Waals surface area contributed by atoms with Gasteiger partial charge in [-0.25, -0.2) is 4.79 Å². The van der Waals surface area contributed by atoms with Crippen LogP contribution in [0.25, 0.3) is 10.9 Å². The summed E-state index contributed by atoms with van der Waals surface area (Å²) in [4.78, 5) is 11.3. The summed E-state index contributed by atoms with van der Waals surface area (Å²) in [5, 5.41) is 15.1. The zero-order chi connectivity index (χ0) is 21.3. The minimum atomic E-state index is -1.06. The van der Waals surface area contributed by atoms with E-state index in [4.69, 9.17) is 34.8 Å². The number of aromatic carboxylic acids is 1. The Balaban J connectivity index is 1.62. The normalized spacial score (nSPS) is 11.0. The van der Waals surface area contributed by atoms with E-state index in [1.54, 1.807) is 18.2 Å². The number of nitrogens with one attached hydrogen (secondary N) is 1. The van der Waals surface area contributed by atoms with E-state index < -0.39 is 5.97 Å². The van der Waals surface area contributed by atoms with Crippen molar-refractivity contribution in [1.82, 2.24) is 4.57 Å². The van der Waals surface area contributed by atoms with Crippen molar-refractivity contribution in [2.45, 2.75) is 13.1 Å². The SMILES string of the molecule is O=C(O)c1cc(NCc2cn(Cc3ccc(Cl)cc3Cl)c3ccccc23)ccc1Cl. The predicted molar refractivity (Wildman–Crippen MR) is 123 cm³/mol. The van der Waals surface area contributed by atoms with Crippen molar-refractivity contribution in [2.24, 2.45) is 0 Å². The molecule has 0 aliphatic heterocycles. The molecule has 2 N–H and O–H groups in total. The monoisotopic (exact) mass is 458 g/mol. The van der Waals surface area contributed by atoms with E-state index in [-0.39, 0.29) is 10.6 Å². The van der Waals surface area contributed by atoms with Crippen LogP contribution < -0.4 is 5.32 Å². The average molecular weight is 460 g/mol. The molecule has 152 valence electrons. The molecule has 1 aromatic heterocycles. The van der Waals surface area contributed by atoms with Crippen LogP contribution in [0.4, 0.5) is 5.69 Å². The lowest BCUT2D eigenvalue weighted by Gasteiger charge is -2.08. The summed E-state index contributed by atoms with van der Waals surface area (Å²) in [7, 11) is 0. The molecule has 1 heterocycles. The van der Waals surface area contributed by atoms with Crippen LogP contribution in [0, 0.1) is 0 Å². The van der Waals surface area contributed by atoms with Crippen LogP contribution in [0.2, 0.25) is 15.1 Å². The maximum absolute atomic E-state index is 11.3. The number of fused-ring (bicyclic) bond motifs is 1. The Labute approximate surface area is 188 Å². The van der Waals surface area contributed by atoms with Crippen molar-refractivity contribution in [3.63, 3.8) is 0 Å². The average Bonchev–Trinajstić information content (AvgIpc) is 3.07. The highest BCUT2D eigenvalue weighted by atomic mass is 35.5. The summed E-state index contributed by atoms with van der Waals surface area (Å²) in [5.41, 5.74) is 3.91. The van der Waals surface area contributed by atoms with Gasteiger partial charge in [0.1, 0.15) is 0 Å². The Morgan fingerprint density at radius 2 is 1.73 bits per heavy atom. The predicted octanol–water partition coefficient (Wildman–Crippen LogP) is 6.96. The maximum atomic E-state index is 11.3. The highest BCUT2D eigenvalue weighted by Crippen LogP contribution is 2.27. The molecule has 0 aliphatic rings. The molecule has 0 amide bonds. The molecular formula is C23H17Cl3N2O2. The van der Waals surface area contributed by atoms with Gasteiger partial charge in [-0.05, 0) is 47.5 Å². The highest BCUT2D eigenvalue weighted by molar-refractivity contribution is 6.35. The Hall–Kier alpha value is -2.66. The van der Waals surface area contributed by atoms with Crippen LogP contribution in [0.3, 0.4) is 0 Å². The highest BCUT2D eigenvalue weighted by Gasteiger charge is 2.12. The van der Waals surface area contributed by atoms with Crippen molar-refractivity contribution in [3.8, 4) is 0 Å². The maximum Gasteiger partial charge on any atom is 0.337 e. The fourth-order valence-corrected chi connectivity index (χ4v) is 4.09. The summed E-state index contributed by atoms with van der Waals surface area (Å²) < 4.78 is 2.14. The van der Waals surface area contributed by atoms with Crippen LogP contribution >= 0.6 is 34.8 Å². The number of benzene rings is 3. The molecular weight excluding hydrogens is 443 g/mol. The van der Waals surface area contributed by atoms with Crippen molar-refractivity contribution < 1.29 is 9.90 Å². The van der Waals surface area contributed by atoms with Crippen LogP contribution in [0.1, 0.15) is 21.5 Å². The van der Waals surface area contributed by atoms with E-state index in [1.165, 1.54) is 6.07 Å². The molecule has 0 aliphatic carbocycles. The van der Waals surface area contributed by atoms with Gasteiger partial charge in [-0.2, -0.15) is 0 Å². The van der Waals surface area contributed by atoms with Gasteiger partial charge in [0.25, 0.3) is 0 Å². The van der Waals surface area contributed by atoms with Crippen LogP contribution in [0.15, 0.2) is 66.9 Å². The summed E-state index contributed by atoms with van der Waals surface area (Å²) in [5.74, 6) is -1.06. The zero-order valence-electron chi connectivity index (χ0n) is 15.7. The molecule has 3 aromatic carbocycles. The van der Waals surface area contributed by atoms with E-state index in [0.29, 0.717) is 28.8 Å². The van der Waals surface area contributed by atoms with Crippen LogP contribution in [-0.2, 0) is 13.1 Å². The number of hydrogen-bond donors (Lipinski definition) is 2. The molecule has 4 aromatic rings. The molecule has 0 spiro atoms. The number of carbonyl (C=O) groups is 1. The van der Waals surface area contributed by atoms with Gasteiger partial charge in [-0.1, -0.05) is 59.1 Å². The summed E-state index contributed by atoms with van der Waals surface area (Å²) in [6.45, 7) is 1.14. The quantitative estimate of drug-likeness (QED) is 0.328. The van der Waals surface area contributed by atoms with Crippen molar-refractivity contribution in [2.75, 3.05) is 5.32 Å². The number of anilines is 1. The second-order valence-corrected chi connectivity index (χ2v) is 8.14. The first kappa shape index (κ1) is 20.6. The number of carboxylic acid groups (broad SMARTS) is 1. The fraction of sp³-hybridized carbons (Fsp3) is 0.0870. The number of nitrogens with zero attached hydrogens (tertiary/aromatic N) is 1. The second-order valence-electron chi connectivity index (χ2n) is 6.89. The Morgan fingerprint density at radius 1 is 0.933 bits per heavy atom. The van der Waals surface area contributed by atoms with E-state index in [0.717, 1.165) is 22.0 Å². The molecule has 0 saturated carbocycles. The smallest absolute Gasteiger partial charge is 0.337 e. The van der Waals surface area contributed by atoms with Gasteiger partial charge in [0.15, 0.2) is 0 Å². The Bertz CT molecular complexity index is 1250. The third kappa shape index (κ3) is 4.26. The van der Waals surface area contributed by atoms with E-state index in [9.17, 15) is 9.90 Å². The number of carboxylic acids is 1. The topological polar surface area (TPSA) is 54.3 Å².